The van der Waals surface area contributed by atoms with E-state index in [1.807, 2.05) is 52.0 Å². The van der Waals surface area contributed by atoms with Crippen molar-refractivity contribution in [2.75, 3.05) is 0 Å². The second kappa shape index (κ2) is 10.4. The van der Waals surface area contributed by atoms with Gasteiger partial charge < -0.3 is 9.31 Å². The molecule has 0 spiro atoms. The minimum Gasteiger partial charge on any atom is -0.399 e. The molecule has 0 aromatic heterocycles. The van der Waals surface area contributed by atoms with Gasteiger partial charge in [0.2, 0.25) is 0 Å². The molecule has 1 saturated heterocycles. The Morgan fingerprint density at radius 3 is 1.17 bits per heavy atom. The van der Waals surface area contributed by atoms with Crippen molar-refractivity contribution in [3.63, 3.8) is 0 Å². The van der Waals surface area contributed by atoms with Gasteiger partial charge in [-0.25, -0.2) is 8.78 Å². The molecule has 0 aliphatic carbocycles. The van der Waals surface area contributed by atoms with Gasteiger partial charge in [-0.15, -0.1) is 0 Å². The summed E-state index contributed by atoms with van der Waals surface area (Å²) >= 11 is 0. The lowest BCUT2D eigenvalue weighted by molar-refractivity contribution is 0.00578. The van der Waals surface area contributed by atoms with Crippen LogP contribution in [0.3, 0.4) is 0 Å². The molecule has 2 nitrogen and oxygen atoms in total. The van der Waals surface area contributed by atoms with Crippen LogP contribution >= 0.6 is 0 Å². The second-order valence-electron chi connectivity index (χ2n) is 11.5. The van der Waals surface area contributed by atoms with Crippen LogP contribution in [0.15, 0.2) is 115 Å². The van der Waals surface area contributed by atoms with Crippen LogP contribution in [-0.2, 0) is 9.31 Å². The van der Waals surface area contributed by atoms with Crippen LogP contribution in [0.2, 0.25) is 0 Å². The zero-order valence-electron chi connectivity index (χ0n) is 23.6. The maximum Gasteiger partial charge on any atom is 0.494 e. The lowest BCUT2D eigenvalue weighted by atomic mass is 9.75. The summed E-state index contributed by atoms with van der Waals surface area (Å²) in [5.74, 6) is -0.539. The van der Waals surface area contributed by atoms with Gasteiger partial charge in [-0.3, -0.25) is 0 Å². The Morgan fingerprint density at radius 1 is 0.463 bits per heavy atom. The number of hydrogen-bond donors (Lipinski definition) is 0. The Balaban J connectivity index is 1.55. The van der Waals surface area contributed by atoms with E-state index in [0.717, 1.165) is 50.0 Å². The monoisotopic (exact) mass is 544 g/mol. The molecule has 0 radical (unpaired) electrons. The quantitative estimate of drug-likeness (QED) is 0.206. The van der Waals surface area contributed by atoms with Gasteiger partial charge in [0.25, 0.3) is 0 Å². The van der Waals surface area contributed by atoms with E-state index in [1.165, 1.54) is 24.3 Å². The van der Waals surface area contributed by atoms with Gasteiger partial charge in [0.1, 0.15) is 11.6 Å². The van der Waals surface area contributed by atoms with Crippen molar-refractivity contribution in [3.8, 4) is 44.5 Å². The first-order valence-electron chi connectivity index (χ1n) is 13.8. The first kappa shape index (κ1) is 27.1. The van der Waals surface area contributed by atoms with Crippen molar-refractivity contribution < 1.29 is 18.1 Å². The highest BCUT2D eigenvalue weighted by molar-refractivity contribution is 6.62. The fourth-order valence-electron chi connectivity index (χ4n) is 5.31. The SMILES string of the molecule is CC1(C)OB(c2cc(-c3ccccc3-c3ccc(F)cc3)cc(-c3ccccc3-c3ccc(F)cc3)c2)OC1(C)C. The van der Waals surface area contributed by atoms with Crippen molar-refractivity contribution in [3.05, 3.63) is 127 Å². The van der Waals surface area contributed by atoms with Crippen LogP contribution in [0.5, 0.6) is 0 Å². The Hall–Kier alpha value is -4.06. The van der Waals surface area contributed by atoms with E-state index in [2.05, 4.69) is 42.5 Å². The van der Waals surface area contributed by atoms with Crippen LogP contribution in [0, 0.1) is 11.6 Å². The molecule has 1 fully saturated rings. The molecule has 204 valence electrons. The molecule has 41 heavy (non-hydrogen) atoms. The topological polar surface area (TPSA) is 18.5 Å². The van der Waals surface area contributed by atoms with Crippen LogP contribution in [0.1, 0.15) is 27.7 Å². The standard InChI is InChI=1S/C36H31BF2O2/c1-35(2)36(3,4)41-37(40-35)28-22-26(33-11-7-5-9-31(33)24-13-17-29(38)18-14-24)21-27(23-28)34-12-8-6-10-32(34)25-15-19-30(39)20-16-25/h5-23H,1-4H3. The van der Waals surface area contributed by atoms with Gasteiger partial charge in [-0.2, -0.15) is 0 Å². The number of benzene rings is 5. The third-order valence-electron chi connectivity index (χ3n) is 8.27. The van der Waals surface area contributed by atoms with Gasteiger partial charge in [0, 0.05) is 0 Å². The highest BCUT2D eigenvalue weighted by Crippen LogP contribution is 2.40. The van der Waals surface area contributed by atoms with E-state index < -0.39 is 18.3 Å². The molecule has 0 bridgehead atoms. The lowest BCUT2D eigenvalue weighted by Gasteiger charge is -2.32. The summed E-state index contributed by atoms with van der Waals surface area (Å²) in [4.78, 5) is 0. The number of rotatable bonds is 5. The fraction of sp³-hybridized carbons (Fsp3) is 0.167. The Kier molecular flexibility index (Phi) is 6.89. The summed E-state index contributed by atoms with van der Waals surface area (Å²) in [6.07, 6.45) is 0. The van der Waals surface area contributed by atoms with Crippen LogP contribution in [-0.4, -0.2) is 18.3 Å². The summed E-state index contributed by atoms with van der Waals surface area (Å²) in [5, 5.41) is 0. The third kappa shape index (κ3) is 5.24. The largest absolute Gasteiger partial charge is 0.494 e. The minimum atomic E-state index is -0.560. The Morgan fingerprint density at radius 2 is 0.805 bits per heavy atom. The van der Waals surface area contributed by atoms with Gasteiger partial charge in [0.15, 0.2) is 0 Å². The van der Waals surface area contributed by atoms with Gasteiger partial charge in [-0.1, -0.05) is 84.9 Å². The van der Waals surface area contributed by atoms with Crippen molar-refractivity contribution >= 4 is 12.6 Å². The predicted molar refractivity (Wildman–Crippen MR) is 164 cm³/mol. The number of halogens is 2. The highest BCUT2D eigenvalue weighted by Gasteiger charge is 2.51. The maximum absolute atomic E-state index is 13.8. The molecule has 1 aliphatic heterocycles. The zero-order valence-corrected chi connectivity index (χ0v) is 23.6. The predicted octanol–water partition coefficient (Wildman–Crippen LogP) is 8.93. The van der Waals surface area contributed by atoms with Crippen molar-refractivity contribution in [1.82, 2.24) is 0 Å². The summed E-state index contributed by atoms with van der Waals surface area (Å²) < 4.78 is 40.5. The fourth-order valence-corrected chi connectivity index (χ4v) is 5.31. The summed E-state index contributed by atoms with van der Waals surface area (Å²) in [7, 11) is -0.560. The second-order valence-corrected chi connectivity index (χ2v) is 11.5. The van der Waals surface area contributed by atoms with Crippen LogP contribution < -0.4 is 5.46 Å². The van der Waals surface area contributed by atoms with Gasteiger partial charge >= 0.3 is 7.12 Å². The summed E-state index contributed by atoms with van der Waals surface area (Å²) in [6, 6.07) is 35.8. The smallest absolute Gasteiger partial charge is 0.399 e. The van der Waals surface area contributed by atoms with E-state index in [0.29, 0.717) is 0 Å². The molecule has 0 saturated carbocycles. The first-order chi connectivity index (χ1) is 19.6. The number of hydrogen-bond acceptors (Lipinski definition) is 2. The van der Waals surface area contributed by atoms with Crippen molar-refractivity contribution in [2.45, 2.75) is 38.9 Å². The average molecular weight is 544 g/mol. The first-order valence-corrected chi connectivity index (χ1v) is 13.8. The molecule has 5 aromatic rings. The molecular formula is C36H31BF2O2. The van der Waals surface area contributed by atoms with E-state index in [-0.39, 0.29) is 11.6 Å². The average Bonchev–Trinajstić information content (AvgIpc) is 3.20. The lowest BCUT2D eigenvalue weighted by Crippen LogP contribution is -2.41. The molecule has 0 unspecified atom stereocenters. The van der Waals surface area contributed by atoms with Crippen LogP contribution in [0.4, 0.5) is 8.78 Å². The van der Waals surface area contributed by atoms with E-state index >= 15 is 0 Å². The van der Waals surface area contributed by atoms with E-state index in [1.54, 1.807) is 24.3 Å². The Bertz CT molecular complexity index is 1590. The molecule has 5 heteroatoms. The molecule has 5 aromatic carbocycles. The van der Waals surface area contributed by atoms with E-state index in [4.69, 9.17) is 9.31 Å². The molecule has 0 N–H and O–H groups in total. The summed E-state index contributed by atoms with van der Waals surface area (Å²) in [6.45, 7) is 8.19. The molecule has 0 amide bonds. The van der Waals surface area contributed by atoms with Crippen LogP contribution in [0.25, 0.3) is 44.5 Å². The van der Waals surface area contributed by atoms with Gasteiger partial charge in [-0.05, 0) is 108 Å². The maximum atomic E-state index is 13.8. The zero-order chi connectivity index (χ0) is 28.8. The molecular weight excluding hydrogens is 513 g/mol. The summed E-state index contributed by atoms with van der Waals surface area (Å²) in [5.41, 5.74) is 7.76. The van der Waals surface area contributed by atoms with E-state index in [9.17, 15) is 8.78 Å². The minimum absolute atomic E-state index is 0.270. The normalized spacial score (nSPS) is 15.7. The highest BCUT2D eigenvalue weighted by atomic mass is 19.1. The third-order valence-corrected chi connectivity index (χ3v) is 8.27. The molecule has 6 rings (SSSR count). The molecule has 1 aliphatic rings. The molecule has 0 atom stereocenters. The van der Waals surface area contributed by atoms with Crippen molar-refractivity contribution in [2.24, 2.45) is 0 Å². The Labute approximate surface area is 240 Å². The van der Waals surface area contributed by atoms with Crippen molar-refractivity contribution in [1.29, 1.82) is 0 Å². The molecule has 1 heterocycles. The van der Waals surface area contributed by atoms with Gasteiger partial charge in [0.05, 0.1) is 11.2 Å².